The van der Waals surface area contributed by atoms with Gasteiger partial charge in [0.05, 0.1) is 5.69 Å². The highest BCUT2D eigenvalue weighted by molar-refractivity contribution is 6.31. The molecular weight excluding hydrogens is 266 g/mol. The van der Waals surface area contributed by atoms with Crippen LogP contribution in [-0.4, -0.2) is 20.4 Å². The van der Waals surface area contributed by atoms with Gasteiger partial charge in [-0.05, 0) is 19.1 Å². The first-order valence-corrected chi connectivity index (χ1v) is 6.61. The average Bonchev–Trinajstić information content (AvgIpc) is 2.92. The number of imidazole rings is 1. The third-order valence-corrected chi connectivity index (χ3v) is 3.46. The highest BCUT2D eigenvalue weighted by Gasteiger charge is 2.19. The molecule has 0 aliphatic carbocycles. The van der Waals surface area contributed by atoms with Gasteiger partial charge in [-0.25, -0.2) is 4.79 Å². The van der Waals surface area contributed by atoms with Gasteiger partial charge in [-0.15, -0.1) is 6.58 Å². The number of allylic oxidation sites excluding steroid dienone is 2. The van der Waals surface area contributed by atoms with E-state index in [-0.39, 0.29) is 18.1 Å². The van der Waals surface area contributed by atoms with Crippen LogP contribution in [0.25, 0.3) is 11.6 Å². The molecule has 0 saturated carbocycles. The minimum atomic E-state index is -0.361. The number of para-hydroxylation sites is 1. The van der Waals surface area contributed by atoms with Crippen LogP contribution >= 0.6 is 0 Å². The molecule has 0 spiro atoms. The Morgan fingerprint density at radius 1 is 1.43 bits per heavy atom. The molecule has 1 aromatic carbocycles. The number of nitrogens with zero attached hydrogens (tertiary/aromatic N) is 2. The van der Waals surface area contributed by atoms with Crippen LogP contribution in [0, 0.1) is 0 Å². The standard InChI is InChI=1S/C16H15N3O2/c1-3-8-19-15(20)14(18-16(19)21)9-12-10(2)17-13-7-5-4-6-11(12)13/h3-7,9,20H,1,8H2,2H3,(H,18,21). The summed E-state index contributed by atoms with van der Waals surface area (Å²) in [4.78, 5) is 18.9. The first-order valence-electron chi connectivity index (χ1n) is 6.61. The lowest BCUT2D eigenvalue weighted by Crippen LogP contribution is -2.15. The molecule has 5 nitrogen and oxygen atoms in total. The van der Waals surface area contributed by atoms with Gasteiger partial charge in [0.25, 0.3) is 0 Å². The first kappa shape index (κ1) is 13.2. The molecule has 106 valence electrons. The van der Waals surface area contributed by atoms with Crippen LogP contribution in [0.4, 0.5) is 5.69 Å². The summed E-state index contributed by atoms with van der Waals surface area (Å²) in [6.07, 6.45) is 3.31. The number of fused-ring (bicyclic) bond motifs is 1. The molecule has 1 aliphatic heterocycles. The normalized spacial score (nSPS) is 15.1. The summed E-state index contributed by atoms with van der Waals surface area (Å²) in [7, 11) is 0. The van der Waals surface area contributed by atoms with E-state index in [4.69, 9.17) is 0 Å². The van der Waals surface area contributed by atoms with Gasteiger partial charge in [0.2, 0.25) is 5.88 Å². The van der Waals surface area contributed by atoms with Crippen LogP contribution in [-0.2, 0) is 6.54 Å². The van der Waals surface area contributed by atoms with Crippen LogP contribution in [0.15, 0.2) is 46.7 Å². The van der Waals surface area contributed by atoms with Crippen LogP contribution in [0.2, 0.25) is 0 Å². The second-order valence-electron chi connectivity index (χ2n) is 4.84. The Morgan fingerprint density at radius 3 is 2.95 bits per heavy atom. The van der Waals surface area contributed by atoms with Gasteiger partial charge in [-0.1, -0.05) is 24.3 Å². The quantitative estimate of drug-likeness (QED) is 0.849. The predicted octanol–water partition coefficient (Wildman–Crippen LogP) is 2.71. The number of benzene rings is 1. The summed E-state index contributed by atoms with van der Waals surface area (Å²) in [5, 5.41) is 10.1. The molecule has 2 aromatic rings. The summed E-state index contributed by atoms with van der Waals surface area (Å²) in [5.41, 5.74) is 3.66. The zero-order chi connectivity index (χ0) is 15.0. The number of hydrogen-bond acceptors (Lipinski definition) is 3. The Morgan fingerprint density at radius 2 is 2.19 bits per heavy atom. The smallest absolute Gasteiger partial charge is 0.329 e. The third kappa shape index (κ3) is 2.12. The second-order valence-corrected chi connectivity index (χ2v) is 4.84. The van der Waals surface area contributed by atoms with Crippen molar-refractivity contribution in [3.8, 4) is 5.88 Å². The van der Waals surface area contributed by atoms with E-state index in [2.05, 4.69) is 16.6 Å². The number of aromatic hydroxyl groups is 1. The number of rotatable bonds is 3. The Bertz CT molecular complexity index is 837. The van der Waals surface area contributed by atoms with E-state index >= 15 is 0 Å². The summed E-state index contributed by atoms with van der Waals surface area (Å²) in [6.45, 7) is 5.74. The van der Waals surface area contributed by atoms with E-state index in [1.165, 1.54) is 4.57 Å². The maximum atomic E-state index is 11.8. The minimum Gasteiger partial charge on any atom is -0.493 e. The van der Waals surface area contributed by atoms with Crippen molar-refractivity contribution in [1.82, 2.24) is 9.55 Å². The highest BCUT2D eigenvalue weighted by atomic mass is 16.3. The maximum Gasteiger partial charge on any atom is 0.329 e. The van der Waals surface area contributed by atoms with Crippen molar-refractivity contribution in [2.45, 2.75) is 13.5 Å². The molecule has 2 N–H and O–H groups in total. The molecule has 0 fully saturated rings. The maximum absolute atomic E-state index is 11.8. The molecule has 1 aromatic heterocycles. The third-order valence-electron chi connectivity index (χ3n) is 3.46. The predicted molar refractivity (Wildman–Crippen MR) is 84.0 cm³/mol. The number of aromatic amines is 1. The number of H-pyrrole nitrogens is 1. The van der Waals surface area contributed by atoms with Gasteiger partial charge in [0, 0.05) is 23.4 Å². The largest absolute Gasteiger partial charge is 0.493 e. The van der Waals surface area contributed by atoms with Crippen molar-refractivity contribution in [3.05, 3.63) is 58.7 Å². The first-order chi connectivity index (χ1) is 10.1. The van der Waals surface area contributed by atoms with Crippen LogP contribution in [0.5, 0.6) is 5.88 Å². The summed E-state index contributed by atoms with van der Waals surface area (Å²) in [6, 6.07) is 7.77. The Kier molecular flexibility index (Phi) is 3.10. The lowest BCUT2D eigenvalue weighted by molar-refractivity contribution is 0.422. The van der Waals surface area contributed by atoms with Crippen molar-refractivity contribution >= 4 is 23.0 Å². The van der Waals surface area contributed by atoms with Gasteiger partial charge in [-0.2, -0.15) is 0 Å². The van der Waals surface area contributed by atoms with Crippen LogP contribution in [0.1, 0.15) is 18.2 Å². The number of aliphatic imine (C=N–C) groups is 1. The fourth-order valence-electron chi connectivity index (χ4n) is 2.44. The van der Waals surface area contributed by atoms with Crippen molar-refractivity contribution in [2.24, 2.45) is 4.99 Å². The molecule has 3 rings (SSSR count). The zero-order valence-electron chi connectivity index (χ0n) is 11.6. The van der Waals surface area contributed by atoms with Crippen molar-refractivity contribution < 1.29 is 5.11 Å². The number of nitrogens with one attached hydrogen (secondary N) is 1. The van der Waals surface area contributed by atoms with Crippen molar-refractivity contribution in [2.75, 3.05) is 0 Å². The summed E-state index contributed by atoms with van der Waals surface area (Å²) in [5.74, 6) is -0.0930. The van der Waals surface area contributed by atoms with E-state index in [1.54, 1.807) is 12.2 Å². The molecule has 0 atom stereocenters. The minimum absolute atomic E-state index is 0.0930. The van der Waals surface area contributed by atoms with Crippen molar-refractivity contribution in [3.63, 3.8) is 0 Å². The molecule has 0 radical (unpaired) electrons. The lowest BCUT2D eigenvalue weighted by Gasteiger charge is -2.01. The fourth-order valence-corrected chi connectivity index (χ4v) is 2.44. The molecule has 1 aliphatic rings. The van der Waals surface area contributed by atoms with Crippen LogP contribution < -0.4 is 5.69 Å². The van der Waals surface area contributed by atoms with Gasteiger partial charge < -0.3 is 10.1 Å². The molecule has 0 unspecified atom stereocenters. The van der Waals surface area contributed by atoms with E-state index in [0.29, 0.717) is 5.69 Å². The average molecular weight is 281 g/mol. The monoisotopic (exact) mass is 281 g/mol. The molecule has 21 heavy (non-hydrogen) atoms. The SMILES string of the molecule is C=CCn1c(O)c(C=C2C(C)=Nc3ccccc32)[nH]c1=O. The number of aromatic nitrogens is 2. The van der Waals surface area contributed by atoms with Gasteiger partial charge in [0.1, 0.15) is 5.69 Å². The molecule has 5 heteroatoms. The summed E-state index contributed by atoms with van der Waals surface area (Å²) >= 11 is 0. The molecule has 0 bridgehead atoms. The van der Waals surface area contributed by atoms with Crippen molar-refractivity contribution in [1.29, 1.82) is 0 Å². The highest BCUT2D eigenvalue weighted by Crippen LogP contribution is 2.36. The lowest BCUT2D eigenvalue weighted by atomic mass is 10.0. The topological polar surface area (TPSA) is 70.4 Å². The Labute approximate surface area is 121 Å². The fraction of sp³-hybridized carbons (Fsp3) is 0.125. The Hall–Kier alpha value is -2.82. The molecule has 2 heterocycles. The Balaban J connectivity index is 2.12. The zero-order valence-corrected chi connectivity index (χ0v) is 11.6. The van der Waals surface area contributed by atoms with Gasteiger partial charge in [0.15, 0.2) is 0 Å². The van der Waals surface area contributed by atoms with Gasteiger partial charge in [-0.3, -0.25) is 9.56 Å². The van der Waals surface area contributed by atoms with Crippen LogP contribution in [0.3, 0.4) is 0 Å². The van der Waals surface area contributed by atoms with E-state index in [9.17, 15) is 9.90 Å². The molecule has 0 amide bonds. The van der Waals surface area contributed by atoms with E-state index < -0.39 is 0 Å². The molecule has 0 saturated heterocycles. The summed E-state index contributed by atoms with van der Waals surface area (Å²) < 4.78 is 1.23. The van der Waals surface area contributed by atoms with E-state index in [1.807, 2.05) is 31.2 Å². The second kappa shape index (κ2) is 4.94. The van der Waals surface area contributed by atoms with E-state index in [0.717, 1.165) is 22.5 Å². The van der Waals surface area contributed by atoms with Gasteiger partial charge >= 0.3 is 5.69 Å². The number of hydrogen-bond donors (Lipinski definition) is 2. The molecular formula is C16H15N3O2.